The molecule has 1 aromatic rings. The zero-order chi connectivity index (χ0) is 17.9. The highest BCUT2D eigenvalue weighted by atomic mass is 16.6. The van der Waals surface area contributed by atoms with E-state index in [0.717, 1.165) is 36.5 Å². The number of ether oxygens (including phenoxy) is 1. The van der Waals surface area contributed by atoms with Crippen molar-refractivity contribution in [2.45, 2.75) is 52.7 Å². The second-order valence-electron chi connectivity index (χ2n) is 7.38. The van der Waals surface area contributed by atoms with Gasteiger partial charge in [-0.15, -0.1) is 0 Å². The molecule has 6 heteroatoms. The number of nitrogens with two attached hydrogens (primary N) is 1. The maximum absolute atomic E-state index is 12.1. The summed E-state index contributed by atoms with van der Waals surface area (Å²) >= 11 is 0. The minimum atomic E-state index is -0.458. The lowest BCUT2D eigenvalue weighted by atomic mass is 10.1. The number of pyridine rings is 1. The molecule has 1 amide bonds. The van der Waals surface area contributed by atoms with Crippen LogP contribution < -0.4 is 10.6 Å². The molecule has 1 atom stereocenters. The third kappa shape index (κ3) is 4.60. The van der Waals surface area contributed by atoms with Crippen LogP contribution in [0, 0.1) is 6.92 Å². The number of aryl methyl sites for hydroxylation is 1. The molecule has 2 heterocycles. The maximum atomic E-state index is 12.1. The SMILES string of the molecule is CCC(N)c1cnc(N2CCN(C(=O)OC(C)(C)C)CC2)c(C)c1. The smallest absolute Gasteiger partial charge is 0.410 e. The molecule has 1 aromatic heterocycles. The highest BCUT2D eigenvalue weighted by Gasteiger charge is 2.26. The van der Waals surface area contributed by atoms with Crippen molar-refractivity contribution in [2.75, 3.05) is 31.1 Å². The first-order chi connectivity index (χ1) is 11.2. The van der Waals surface area contributed by atoms with Crippen LogP contribution >= 0.6 is 0 Å². The Morgan fingerprint density at radius 1 is 1.33 bits per heavy atom. The van der Waals surface area contributed by atoms with Gasteiger partial charge in [-0.1, -0.05) is 6.92 Å². The molecular formula is C18H30N4O2. The van der Waals surface area contributed by atoms with Crippen molar-refractivity contribution in [3.63, 3.8) is 0 Å². The quantitative estimate of drug-likeness (QED) is 0.920. The second kappa shape index (κ2) is 7.38. The predicted octanol–water partition coefficient (Wildman–Crippen LogP) is 2.86. The first kappa shape index (κ1) is 18.5. The van der Waals surface area contributed by atoms with Crippen molar-refractivity contribution in [3.05, 3.63) is 23.4 Å². The van der Waals surface area contributed by atoms with Gasteiger partial charge in [-0.25, -0.2) is 9.78 Å². The van der Waals surface area contributed by atoms with Crippen molar-refractivity contribution in [1.82, 2.24) is 9.88 Å². The molecule has 0 aliphatic carbocycles. The number of rotatable bonds is 3. The van der Waals surface area contributed by atoms with Crippen LogP contribution in [0.2, 0.25) is 0 Å². The lowest BCUT2D eigenvalue weighted by Crippen LogP contribution is -2.50. The van der Waals surface area contributed by atoms with Gasteiger partial charge in [-0.05, 0) is 51.3 Å². The molecule has 1 unspecified atom stereocenters. The van der Waals surface area contributed by atoms with E-state index in [-0.39, 0.29) is 12.1 Å². The third-order valence-electron chi connectivity index (χ3n) is 4.17. The molecule has 0 aromatic carbocycles. The number of hydrogen-bond acceptors (Lipinski definition) is 5. The number of carbonyl (C=O) groups excluding carboxylic acids is 1. The Kier molecular flexibility index (Phi) is 5.70. The highest BCUT2D eigenvalue weighted by molar-refractivity contribution is 5.68. The van der Waals surface area contributed by atoms with E-state index in [9.17, 15) is 4.79 Å². The fraction of sp³-hybridized carbons (Fsp3) is 0.667. The van der Waals surface area contributed by atoms with Gasteiger partial charge in [0.1, 0.15) is 11.4 Å². The van der Waals surface area contributed by atoms with Crippen LogP contribution in [-0.2, 0) is 4.74 Å². The van der Waals surface area contributed by atoms with E-state index >= 15 is 0 Å². The summed E-state index contributed by atoms with van der Waals surface area (Å²) in [7, 11) is 0. The van der Waals surface area contributed by atoms with E-state index in [1.54, 1.807) is 4.90 Å². The van der Waals surface area contributed by atoms with Gasteiger partial charge in [0, 0.05) is 38.4 Å². The predicted molar refractivity (Wildman–Crippen MR) is 96.2 cm³/mol. The molecule has 24 heavy (non-hydrogen) atoms. The highest BCUT2D eigenvalue weighted by Crippen LogP contribution is 2.23. The summed E-state index contributed by atoms with van der Waals surface area (Å²) in [6, 6.07) is 2.16. The minimum Gasteiger partial charge on any atom is -0.444 e. The van der Waals surface area contributed by atoms with Crippen molar-refractivity contribution in [2.24, 2.45) is 5.73 Å². The lowest BCUT2D eigenvalue weighted by Gasteiger charge is -2.36. The van der Waals surface area contributed by atoms with E-state index in [1.165, 1.54) is 0 Å². The molecular weight excluding hydrogens is 304 g/mol. The number of aromatic nitrogens is 1. The Bertz CT molecular complexity index is 575. The monoisotopic (exact) mass is 334 g/mol. The van der Waals surface area contributed by atoms with E-state index in [1.807, 2.05) is 27.0 Å². The maximum Gasteiger partial charge on any atom is 0.410 e. The average Bonchev–Trinajstić information content (AvgIpc) is 2.52. The Balaban J connectivity index is 1.98. The molecule has 0 bridgehead atoms. The molecule has 6 nitrogen and oxygen atoms in total. The van der Waals surface area contributed by atoms with Crippen LogP contribution in [0.5, 0.6) is 0 Å². The first-order valence-corrected chi connectivity index (χ1v) is 8.66. The number of anilines is 1. The van der Waals surface area contributed by atoms with Crippen LogP contribution in [0.25, 0.3) is 0 Å². The molecule has 0 radical (unpaired) electrons. The van der Waals surface area contributed by atoms with Crippen LogP contribution in [0.3, 0.4) is 0 Å². The fourth-order valence-electron chi connectivity index (χ4n) is 2.79. The van der Waals surface area contributed by atoms with Crippen LogP contribution in [-0.4, -0.2) is 47.8 Å². The van der Waals surface area contributed by atoms with Crippen LogP contribution in [0.1, 0.15) is 51.3 Å². The van der Waals surface area contributed by atoms with Crippen LogP contribution in [0.4, 0.5) is 10.6 Å². The molecule has 0 saturated carbocycles. The van der Waals surface area contributed by atoms with Gasteiger partial charge in [-0.2, -0.15) is 0 Å². The van der Waals surface area contributed by atoms with Crippen molar-refractivity contribution in [1.29, 1.82) is 0 Å². The molecule has 1 aliphatic heterocycles. The molecule has 1 aliphatic rings. The topological polar surface area (TPSA) is 71.7 Å². The summed E-state index contributed by atoms with van der Waals surface area (Å²) in [4.78, 5) is 20.7. The Labute approximate surface area is 145 Å². The minimum absolute atomic E-state index is 0.0364. The third-order valence-corrected chi connectivity index (χ3v) is 4.17. The summed E-state index contributed by atoms with van der Waals surface area (Å²) < 4.78 is 5.44. The number of amides is 1. The Morgan fingerprint density at radius 2 is 1.96 bits per heavy atom. The van der Waals surface area contributed by atoms with E-state index in [4.69, 9.17) is 10.5 Å². The standard InChI is InChI=1S/C18H30N4O2/c1-6-15(19)14-11-13(2)16(20-12-14)21-7-9-22(10-8-21)17(23)24-18(3,4)5/h11-12,15H,6-10,19H2,1-5H3. The van der Waals surface area contributed by atoms with Gasteiger partial charge in [0.25, 0.3) is 0 Å². The van der Waals surface area contributed by atoms with Gasteiger partial charge >= 0.3 is 6.09 Å². The first-order valence-electron chi connectivity index (χ1n) is 8.66. The summed E-state index contributed by atoms with van der Waals surface area (Å²) in [6.45, 7) is 12.6. The van der Waals surface area contributed by atoms with E-state index in [0.29, 0.717) is 13.1 Å². The van der Waals surface area contributed by atoms with Gasteiger partial charge in [0.15, 0.2) is 0 Å². The van der Waals surface area contributed by atoms with Crippen molar-refractivity contribution < 1.29 is 9.53 Å². The normalized spacial score (nSPS) is 16.9. The Hall–Kier alpha value is -1.82. The van der Waals surface area contributed by atoms with Gasteiger partial charge in [-0.3, -0.25) is 0 Å². The number of piperazine rings is 1. The average molecular weight is 334 g/mol. The largest absolute Gasteiger partial charge is 0.444 e. The van der Waals surface area contributed by atoms with Crippen molar-refractivity contribution in [3.8, 4) is 0 Å². The molecule has 134 valence electrons. The molecule has 1 fully saturated rings. The van der Waals surface area contributed by atoms with Gasteiger partial charge in [0.2, 0.25) is 0 Å². The summed E-state index contributed by atoms with van der Waals surface area (Å²) in [5.41, 5.74) is 7.83. The number of nitrogens with zero attached hydrogens (tertiary/aromatic N) is 3. The molecule has 1 saturated heterocycles. The van der Waals surface area contributed by atoms with Crippen molar-refractivity contribution >= 4 is 11.9 Å². The Morgan fingerprint density at radius 3 is 2.46 bits per heavy atom. The second-order valence-corrected chi connectivity index (χ2v) is 7.38. The number of carbonyl (C=O) groups is 1. The molecule has 2 N–H and O–H groups in total. The zero-order valence-corrected chi connectivity index (χ0v) is 15.5. The van der Waals surface area contributed by atoms with E-state index < -0.39 is 5.60 Å². The molecule has 2 rings (SSSR count). The summed E-state index contributed by atoms with van der Waals surface area (Å²) in [5, 5.41) is 0. The summed E-state index contributed by atoms with van der Waals surface area (Å²) in [5.74, 6) is 0.978. The number of hydrogen-bond donors (Lipinski definition) is 1. The fourth-order valence-corrected chi connectivity index (χ4v) is 2.79. The molecule has 0 spiro atoms. The lowest BCUT2D eigenvalue weighted by molar-refractivity contribution is 0.0240. The summed E-state index contributed by atoms with van der Waals surface area (Å²) in [6.07, 6.45) is 2.53. The van der Waals surface area contributed by atoms with Gasteiger partial charge < -0.3 is 20.3 Å². The van der Waals surface area contributed by atoms with Crippen LogP contribution in [0.15, 0.2) is 12.3 Å². The zero-order valence-electron chi connectivity index (χ0n) is 15.5. The van der Waals surface area contributed by atoms with E-state index in [2.05, 4.69) is 29.8 Å². The van der Waals surface area contributed by atoms with Gasteiger partial charge in [0.05, 0.1) is 0 Å².